The van der Waals surface area contributed by atoms with Crippen LogP contribution < -0.4 is 19.7 Å². The molecule has 0 amide bonds. The maximum Gasteiger partial charge on any atom is 0.347 e. The van der Waals surface area contributed by atoms with Gasteiger partial charge in [0.2, 0.25) is 0 Å². The molecule has 0 spiro atoms. The number of hydrogen-bond acceptors (Lipinski definition) is 6. The van der Waals surface area contributed by atoms with Gasteiger partial charge in [0.1, 0.15) is 29.2 Å². The van der Waals surface area contributed by atoms with Gasteiger partial charge in [-0.15, -0.1) is 0 Å². The Labute approximate surface area is 389 Å². The summed E-state index contributed by atoms with van der Waals surface area (Å²) in [6.07, 6.45) is 41.2. The van der Waals surface area contributed by atoms with Gasteiger partial charge in [-0.3, -0.25) is 4.79 Å². The molecule has 4 heterocycles. The molecule has 0 saturated carbocycles. The lowest BCUT2D eigenvalue weighted by Crippen LogP contribution is -2.32. The Hall–Kier alpha value is -3.61. The minimum absolute atomic E-state index is 0.128. The van der Waals surface area contributed by atoms with E-state index in [1.165, 1.54) is 154 Å². The summed E-state index contributed by atoms with van der Waals surface area (Å²) in [5.41, 5.74) is 1.49. The van der Waals surface area contributed by atoms with Crippen LogP contribution in [0.1, 0.15) is 230 Å². The van der Waals surface area contributed by atoms with Crippen LogP contribution in [-0.4, -0.2) is 19.2 Å². The van der Waals surface area contributed by atoms with E-state index in [-0.39, 0.29) is 17.3 Å². The number of methoxy groups -OCH3 is 1. The van der Waals surface area contributed by atoms with Crippen LogP contribution in [0.2, 0.25) is 0 Å². The molecule has 0 saturated heterocycles. The van der Waals surface area contributed by atoms with Crippen molar-refractivity contribution < 1.29 is 28.0 Å². The summed E-state index contributed by atoms with van der Waals surface area (Å²) in [7, 11) is 1.54. The number of Topliss-reactive ketones (excluding diaryl/α,β-unsaturated/α-hetero) is 1. The molecule has 0 bridgehead atoms. The standard InChI is InChI=1S/C21H38N.C19H40.C17H12O6/c1-2-3-4-5-6-7-8-9-10-11-12-13-14-16-19-22-20-17-15-18-21-22;1-16(2)10-7-12-18(5)14-9-15-19(6)13-8-11-17(3)4;1-20-10-6-11-14(8-4-5-21-17(8)22-11)15-13(10)7-2-3-9(18)12(7)16(19)23-15/h15,17-18,20-21H,2-14,16,19H2,1H3;16-19H,7-15H2,1-6H3;4-6,8,17H,2-3H2,1H3/q+1;;. The predicted molar refractivity (Wildman–Crippen MR) is 266 cm³/mol. The van der Waals surface area contributed by atoms with Crippen molar-refractivity contribution in [3.63, 3.8) is 0 Å². The highest BCUT2D eigenvalue weighted by Crippen LogP contribution is 2.50. The van der Waals surface area contributed by atoms with Crippen LogP contribution in [0.15, 0.2) is 58.2 Å². The highest BCUT2D eigenvalue weighted by Gasteiger charge is 2.42. The van der Waals surface area contributed by atoms with Crippen molar-refractivity contribution in [3.8, 4) is 11.5 Å². The van der Waals surface area contributed by atoms with E-state index < -0.39 is 11.9 Å². The Bertz CT molecular complexity index is 1830. The van der Waals surface area contributed by atoms with Gasteiger partial charge in [-0.2, -0.15) is 0 Å². The topological polar surface area (TPSA) is 78.9 Å². The number of hydrogen-bond donors (Lipinski definition) is 0. The molecule has 0 N–H and O–H groups in total. The van der Waals surface area contributed by atoms with Crippen LogP contribution in [-0.2, 0) is 17.7 Å². The molecular formula is C57H90NO6+. The lowest BCUT2D eigenvalue weighted by molar-refractivity contribution is -0.697. The third-order valence-electron chi connectivity index (χ3n) is 13.6. The van der Waals surface area contributed by atoms with Crippen LogP contribution in [0.5, 0.6) is 11.5 Å². The van der Waals surface area contributed by atoms with E-state index in [9.17, 15) is 9.59 Å². The average Bonchev–Trinajstić information content (AvgIpc) is 3.99. The maximum atomic E-state index is 12.3. The normalized spacial score (nSPS) is 16.7. The lowest BCUT2D eigenvalue weighted by atomic mass is 9.91. The third kappa shape index (κ3) is 18.0. The van der Waals surface area contributed by atoms with Gasteiger partial charge in [-0.25, -0.2) is 9.36 Å². The second-order valence-electron chi connectivity index (χ2n) is 20.3. The molecule has 0 fully saturated rings. The minimum Gasteiger partial charge on any atom is -0.496 e. The van der Waals surface area contributed by atoms with Gasteiger partial charge in [0, 0.05) is 31.0 Å². The molecule has 6 rings (SSSR count). The van der Waals surface area contributed by atoms with E-state index in [2.05, 4.69) is 83.6 Å². The number of nitrogens with zero attached hydrogens (tertiary/aromatic N) is 1. The molecule has 358 valence electrons. The number of pyridine rings is 1. The van der Waals surface area contributed by atoms with Crippen molar-refractivity contribution >= 4 is 16.8 Å². The lowest BCUT2D eigenvalue weighted by Gasteiger charge is -2.15. The Morgan fingerprint density at radius 3 is 1.73 bits per heavy atom. The fraction of sp³-hybridized carbons (Fsp3) is 0.702. The molecule has 7 heteroatoms. The van der Waals surface area contributed by atoms with Crippen molar-refractivity contribution in [1.82, 2.24) is 0 Å². The van der Waals surface area contributed by atoms with E-state index in [0.717, 1.165) is 29.2 Å². The smallest absolute Gasteiger partial charge is 0.347 e. The quantitative estimate of drug-likeness (QED) is 0.0411. The summed E-state index contributed by atoms with van der Waals surface area (Å²) in [6.45, 7) is 17.7. The summed E-state index contributed by atoms with van der Waals surface area (Å²) in [6, 6.07) is 8.09. The molecule has 2 aromatic heterocycles. The molecule has 2 aliphatic heterocycles. The second-order valence-corrected chi connectivity index (χ2v) is 20.3. The van der Waals surface area contributed by atoms with Crippen molar-refractivity contribution in [3.05, 3.63) is 76.1 Å². The first kappa shape index (κ1) is 53.0. The molecule has 7 nitrogen and oxygen atoms in total. The largest absolute Gasteiger partial charge is 0.496 e. The Morgan fingerprint density at radius 1 is 0.672 bits per heavy atom. The fourth-order valence-electron chi connectivity index (χ4n) is 9.65. The zero-order chi connectivity index (χ0) is 46.1. The Balaban J connectivity index is 0.000000212. The number of carbonyl (C=O) groups is 1. The van der Waals surface area contributed by atoms with Gasteiger partial charge in [0.05, 0.1) is 30.2 Å². The van der Waals surface area contributed by atoms with Crippen LogP contribution >= 0.6 is 0 Å². The van der Waals surface area contributed by atoms with E-state index in [1.54, 1.807) is 19.4 Å². The van der Waals surface area contributed by atoms with Crippen LogP contribution in [0.4, 0.5) is 0 Å². The number of rotatable bonds is 28. The second kappa shape index (κ2) is 29.8. The van der Waals surface area contributed by atoms with Gasteiger partial charge in [-0.1, -0.05) is 189 Å². The van der Waals surface area contributed by atoms with E-state index >= 15 is 0 Å². The number of benzene rings is 1. The molecule has 64 heavy (non-hydrogen) atoms. The number of ketones is 1. The molecule has 1 aliphatic carbocycles. The number of carbonyl (C=O) groups excluding carboxylic acids is 1. The first-order chi connectivity index (χ1) is 31.0. The number of ether oxygens (including phenoxy) is 3. The number of fused-ring (bicyclic) bond motifs is 7. The van der Waals surface area contributed by atoms with Crippen molar-refractivity contribution in [2.45, 2.75) is 228 Å². The third-order valence-corrected chi connectivity index (χ3v) is 13.6. The van der Waals surface area contributed by atoms with Gasteiger partial charge >= 0.3 is 5.63 Å². The van der Waals surface area contributed by atoms with E-state index in [1.807, 2.05) is 6.08 Å². The summed E-state index contributed by atoms with van der Waals surface area (Å²) >= 11 is 0. The molecule has 1 aromatic carbocycles. The number of aromatic nitrogens is 1. The Kier molecular flexibility index (Phi) is 24.7. The molecule has 3 aromatic rings. The first-order valence-corrected chi connectivity index (χ1v) is 26.2. The summed E-state index contributed by atoms with van der Waals surface area (Å²) in [4.78, 5) is 24.3. The van der Waals surface area contributed by atoms with E-state index in [0.29, 0.717) is 40.9 Å². The minimum atomic E-state index is -0.586. The number of unbranched alkanes of at least 4 members (excludes halogenated alkanes) is 13. The SMILES string of the molecule is CC(C)CCCC(C)CCCC(C)CCCC(C)C.CCCCCCCCCCCCCCCC[n+]1ccccc1.COc1cc2c(c3oc(=O)c4c(c13)CCC4=O)C1C=COC1O2. The van der Waals surface area contributed by atoms with Crippen molar-refractivity contribution in [1.29, 1.82) is 0 Å². The zero-order valence-electron chi connectivity index (χ0n) is 41.9. The molecule has 4 atom stereocenters. The maximum absolute atomic E-state index is 12.3. The summed E-state index contributed by atoms with van der Waals surface area (Å²) in [5.74, 6) is 4.48. The van der Waals surface area contributed by atoms with Crippen molar-refractivity contribution in [2.75, 3.05) is 7.11 Å². The van der Waals surface area contributed by atoms with E-state index in [4.69, 9.17) is 18.6 Å². The summed E-state index contributed by atoms with van der Waals surface area (Å²) < 4.78 is 24.5. The molecule has 0 radical (unpaired) electrons. The molecule has 3 aliphatic rings. The predicted octanol–water partition coefficient (Wildman–Crippen LogP) is 15.8. The summed E-state index contributed by atoms with van der Waals surface area (Å²) in [5, 5.41) is 0.691. The fourth-order valence-corrected chi connectivity index (χ4v) is 9.65. The molecular weight excluding hydrogens is 795 g/mol. The zero-order valence-corrected chi connectivity index (χ0v) is 41.9. The Morgan fingerprint density at radius 2 is 1.20 bits per heavy atom. The number of aryl methyl sites for hydroxylation is 2. The van der Waals surface area contributed by atoms with Crippen LogP contribution in [0.25, 0.3) is 11.0 Å². The van der Waals surface area contributed by atoms with Gasteiger partial charge < -0.3 is 18.6 Å². The van der Waals surface area contributed by atoms with Gasteiger partial charge in [0.15, 0.2) is 18.2 Å². The van der Waals surface area contributed by atoms with Gasteiger partial charge in [-0.05, 0) is 48.2 Å². The van der Waals surface area contributed by atoms with Crippen LogP contribution in [0.3, 0.4) is 0 Å². The first-order valence-electron chi connectivity index (χ1n) is 26.2. The highest BCUT2D eigenvalue weighted by atomic mass is 16.7. The average molecular weight is 885 g/mol. The molecule has 4 unspecified atom stereocenters. The van der Waals surface area contributed by atoms with Gasteiger partial charge in [0.25, 0.3) is 6.29 Å². The highest BCUT2D eigenvalue weighted by molar-refractivity contribution is 6.06. The van der Waals surface area contributed by atoms with Crippen LogP contribution in [0, 0.1) is 23.7 Å². The van der Waals surface area contributed by atoms with Crippen molar-refractivity contribution in [2.24, 2.45) is 23.7 Å². The monoisotopic (exact) mass is 885 g/mol.